The molecule has 268 valence electrons. The molecule has 0 spiro atoms. The minimum Gasteiger partial charge on any atom is -0.497 e. The van der Waals surface area contributed by atoms with Gasteiger partial charge in [0.05, 0.1) is 13.7 Å². The van der Waals surface area contributed by atoms with E-state index in [1.54, 1.807) is 14.2 Å². The van der Waals surface area contributed by atoms with Crippen LogP contribution in [-0.4, -0.2) is 72.8 Å². The maximum atomic E-state index is 11.2. The minimum atomic E-state index is -2.12. The lowest BCUT2D eigenvalue weighted by molar-refractivity contribution is -0.179. The normalized spacial score (nSPS) is 11.6. The molecule has 3 aromatic carbocycles. The summed E-state index contributed by atoms with van der Waals surface area (Å²) in [5.41, 5.74) is 6.79. The standard InChI is InChI=1S/C25H30NO5P.C10H19N3O4/c1-29-23-17-15-22(16-18-23)25(20-10-5-3-6-11-20,21-12-7-4-8-13-21)31-24(30-2)14-9-19-26-32(27)28;1-2-3-4-5-8(14)13-12-6-9(15)11-7-10(16)17/h3-8,10-13,15-18,24,26-28H,9,14,19H2,1-2H3;12H,2-7H2,1H3,(H,11,15)(H,13,14)(H,16,17). The summed E-state index contributed by atoms with van der Waals surface area (Å²) in [7, 11) is 1.15. The van der Waals surface area contributed by atoms with E-state index in [4.69, 9.17) is 29.1 Å². The fourth-order valence-corrected chi connectivity index (χ4v) is 5.16. The van der Waals surface area contributed by atoms with Crippen molar-refractivity contribution < 1.29 is 43.5 Å². The molecule has 3 rings (SSSR count). The van der Waals surface area contributed by atoms with Crippen molar-refractivity contribution in [1.82, 2.24) is 21.3 Å². The number of hydrogen-bond donors (Lipinski definition) is 7. The van der Waals surface area contributed by atoms with Crippen LogP contribution in [0.5, 0.6) is 5.75 Å². The summed E-state index contributed by atoms with van der Waals surface area (Å²) >= 11 is 0. The molecule has 7 N–H and O–H groups in total. The first-order valence-electron chi connectivity index (χ1n) is 16.0. The number of carboxylic acid groups (broad SMARTS) is 1. The molecular formula is C35H49N4O9P. The van der Waals surface area contributed by atoms with Crippen molar-refractivity contribution >= 4 is 26.3 Å². The lowest BCUT2D eigenvalue weighted by Gasteiger charge is -2.38. The number of aliphatic carboxylic acids is 1. The van der Waals surface area contributed by atoms with Crippen molar-refractivity contribution in [2.75, 3.05) is 33.9 Å². The van der Waals surface area contributed by atoms with Crippen molar-refractivity contribution in [2.45, 2.75) is 57.3 Å². The van der Waals surface area contributed by atoms with Gasteiger partial charge in [-0.25, -0.2) is 5.43 Å². The van der Waals surface area contributed by atoms with Crippen molar-refractivity contribution in [2.24, 2.45) is 0 Å². The number of ether oxygens (including phenoxy) is 3. The number of rotatable bonds is 21. The van der Waals surface area contributed by atoms with Crippen molar-refractivity contribution in [1.29, 1.82) is 0 Å². The molecule has 0 heterocycles. The predicted octanol–water partition coefficient (Wildman–Crippen LogP) is 3.95. The van der Waals surface area contributed by atoms with Gasteiger partial charge in [0.1, 0.15) is 17.9 Å². The average molecular weight is 701 g/mol. The van der Waals surface area contributed by atoms with Crippen LogP contribution in [0.15, 0.2) is 84.9 Å². The first kappa shape index (κ1) is 41.2. The quantitative estimate of drug-likeness (QED) is 0.0280. The van der Waals surface area contributed by atoms with Gasteiger partial charge in [-0.15, -0.1) is 0 Å². The highest BCUT2D eigenvalue weighted by molar-refractivity contribution is 7.42. The zero-order valence-electron chi connectivity index (χ0n) is 28.3. The Hall–Kier alpha value is -3.94. The molecule has 0 aliphatic carbocycles. The topological polar surface area (TPSA) is 188 Å². The highest BCUT2D eigenvalue weighted by Crippen LogP contribution is 2.42. The molecule has 0 saturated heterocycles. The Morgan fingerprint density at radius 2 is 1.39 bits per heavy atom. The summed E-state index contributed by atoms with van der Waals surface area (Å²) in [5, 5.41) is 13.1. The van der Waals surface area contributed by atoms with Gasteiger partial charge in [-0.2, -0.15) is 0 Å². The largest absolute Gasteiger partial charge is 0.497 e. The van der Waals surface area contributed by atoms with Gasteiger partial charge in [0.2, 0.25) is 20.3 Å². The maximum Gasteiger partial charge on any atom is 0.322 e. The third-order valence-electron chi connectivity index (χ3n) is 7.22. The summed E-state index contributed by atoms with van der Waals surface area (Å²) < 4.78 is 17.9. The Morgan fingerprint density at radius 3 is 1.90 bits per heavy atom. The van der Waals surface area contributed by atoms with E-state index in [2.05, 4.69) is 45.5 Å². The molecule has 13 nitrogen and oxygen atoms in total. The Labute approximate surface area is 289 Å². The summed E-state index contributed by atoms with van der Waals surface area (Å²) in [6.45, 7) is 1.93. The number of carbonyl (C=O) groups is 3. The van der Waals surface area contributed by atoms with Crippen LogP contribution < -0.4 is 26.0 Å². The summed E-state index contributed by atoms with van der Waals surface area (Å²) in [5.74, 6) is -1.00. The number of hydrogen-bond acceptors (Lipinski definition) is 10. The fraction of sp³-hybridized carbons (Fsp3) is 0.400. The highest BCUT2D eigenvalue weighted by atomic mass is 31.2. The molecule has 1 unspecified atom stereocenters. The summed E-state index contributed by atoms with van der Waals surface area (Å²) in [6, 6.07) is 28.0. The Morgan fingerprint density at radius 1 is 0.796 bits per heavy atom. The smallest absolute Gasteiger partial charge is 0.322 e. The lowest BCUT2D eigenvalue weighted by Crippen LogP contribution is -2.44. The van der Waals surface area contributed by atoms with Gasteiger partial charge in [0.25, 0.3) is 0 Å². The number of amides is 2. The first-order chi connectivity index (χ1) is 23.7. The zero-order valence-corrected chi connectivity index (χ0v) is 29.2. The second-order valence-corrected chi connectivity index (χ2v) is 11.7. The van der Waals surface area contributed by atoms with E-state index in [0.717, 1.165) is 41.7 Å². The Balaban J connectivity index is 0.000000417. The second-order valence-electron chi connectivity index (χ2n) is 10.8. The predicted molar refractivity (Wildman–Crippen MR) is 187 cm³/mol. The van der Waals surface area contributed by atoms with E-state index in [1.807, 2.05) is 67.6 Å². The van der Waals surface area contributed by atoms with Crippen molar-refractivity contribution in [3.8, 4) is 5.75 Å². The van der Waals surface area contributed by atoms with E-state index in [9.17, 15) is 14.4 Å². The number of carboxylic acids is 1. The van der Waals surface area contributed by atoms with Crippen LogP contribution in [0.25, 0.3) is 0 Å². The van der Waals surface area contributed by atoms with E-state index in [0.29, 0.717) is 25.8 Å². The van der Waals surface area contributed by atoms with Gasteiger partial charge in [-0.05, 0) is 48.1 Å². The second kappa shape index (κ2) is 23.4. The maximum absolute atomic E-state index is 11.2. The summed E-state index contributed by atoms with van der Waals surface area (Å²) in [4.78, 5) is 50.5. The number of unbranched alkanes of at least 4 members (excludes halogenated alkanes) is 2. The van der Waals surface area contributed by atoms with Gasteiger partial charge < -0.3 is 34.4 Å². The number of benzene rings is 3. The third kappa shape index (κ3) is 15.0. The van der Waals surface area contributed by atoms with Gasteiger partial charge in [0.15, 0.2) is 6.29 Å². The number of methoxy groups -OCH3 is 2. The first-order valence-corrected chi connectivity index (χ1v) is 17.3. The zero-order chi connectivity index (χ0) is 35.9. The van der Waals surface area contributed by atoms with E-state index in [1.165, 1.54) is 0 Å². The molecular weight excluding hydrogens is 651 g/mol. The monoisotopic (exact) mass is 700 g/mol. The molecule has 0 aliphatic heterocycles. The number of nitrogens with one attached hydrogen (secondary N) is 4. The molecule has 0 aliphatic rings. The van der Waals surface area contributed by atoms with Gasteiger partial charge in [-0.3, -0.25) is 24.9 Å². The molecule has 2 amide bonds. The van der Waals surface area contributed by atoms with Crippen LogP contribution in [0.3, 0.4) is 0 Å². The molecule has 0 radical (unpaired) electrons. The van der Waals surface area contributed by atoms with Gasteiger partial charge >= 0.3 is 5.97 Å². The summed E-state index contributed by atoms with van der Waals surface area (Å²) in [6.07, 6.45) is 3.96. The van der Waals surface area contributed by atoms with Crippen LogP contribution in [0.4, 0.5) is 0 Å². The highest BCUT2D eigenvalue weighted by Gasteiger charge is 2.40. The minimum absolute atomic E-state index is 0.146. The number of carbonyl (C=O) groups excluding carboxylic acids is 2. The third-order valence-corrected chi connectivity index (χ3v) is 7.73. The molecule has 3 aromatic rings. The fourth-order valence-electron chi connectivity index (χ4n) is 4.80. The molecule has 49 heavy (non-hydrogen) atoms. The van der Waals surface area contributed by atoms with Crippen LogP contribution in [0.1, 0.15) is 62.1 Å². The van der Waals surface area contributed by atoms with Crippen molar-refractivity contribution in [3.63, 3.8) is 0 Å². The Bertz CT molecular complexity index is 1330. The van der Waals surface area contributed by atoms with Crippen LogP contribution >= 0.6 is 8.53 Å². The Kier molecular flexibility index (Phi) is 19.7. The molecule has 1 atom stereocenters. The molecule has 0 bridgehead atoms. The van der Waals surface area contributed by atoms with Crippen LogP contribution in [-0.2, 0) is 29.5 Å². The SMILES string of the molecule is CCCCCC(=O)NNCC(=O)NCC(=O)O.COc1ccc(C(OC(CCCNP(O)O)OC)(c2ccccc2)c2ccccc2)cc1. The number of hydrazine groups is 1. The average Bonchev–Trinajstić information content (AvgIpc) is 3.11. The lowest BCUT2D eigenvalue weighted by atomic mass is 9.80. The van der Waals surface area contributed by atoms with Gasteiger partial charge in [-0.1, -0.05) is 92.6 Å². The van der Waals surface area contributed by atoms with Crippen LogP contribution in [0, 0.1) is 0 Å². The molecule has 0 fully saturated rings. The van der Waals surface area contributed by atoms with Crippen LogP contribution in [0.2, 0.25) is 0 Å². The van der Waals surface area contributed by atoms with E-state index < -0.39 is 38.8 Å². The molecule has 0 saturated carbocycles. The molecule has 14 heteroatoms. The molecule has 0 aromatic heterocycles. The van der Waals surface area contributed by atoms with E-state index in [-0.39, 0.29) is 12.5 Å². The van der Waals surface area contributed by atoms with Crippen molar-refractivity contribution in [3.05, 3.63) is 102 Å². The van der Waals surface area contributed by atoms with Gasteiger partial charge in [0, 0.05) is 20.1 Å². The van der Waals surface area contributed by atoms with E-state index >= 15 is 0 Å².